The second kappa shape index (κ2) is 6.02. The highest BCUT2D eigenvalue weighted by Crippen LogP contribution is 2.13. The number of nitrogens with one attached hydrogen (secondary N) is 1. The highest BCUT2D eigenvalue weighted by Gasteiger charge is 2.19. The number of rotatable bonds is 4. The molecule has 2 nitrogen and oxygen atoms in total. The van der Waals surface area contributed by atoms with Gasteiger partial charge in [0.2, 0.25) is 0 Å². The lowest BCUT2D eigenvalue weighted by molar-refractivity contribution is 0.166. The van der Waals surface area contributed by atoms with Crippen LogP contribution in [0.1, 0.15) is 25.3 Å². The van der Waals surface area contributed by atoms with Gasteiger partial charge in [-0.25, -0.2) is 0 Å². The first-order chi connectivity index (χ1) is 7.90. The van der Waals surface area contributed by atoms with E-state index >= 15 is 0 Å². The Balaban J connectivity index is 1.94. The Kier molecular flexibility index (Phi) is 4.37. The van der Waals surface area contributed by atoms with Gasteiger partial charge in [0, 0.05) is 19.1 Å². The van der Waals surface area contributed by atoms with Crippen molar-refractivity contribution in [3.05, 3.63) is 35.9 Å². The number of nitrogens with zero attached hydrogens (tertiary/aromatic N) is 1. The zero-order valence-corrected chi connectivity index (χ0v) is 10.2. The third-order valence-electron chi connectivity index (χ3n) is 3.42. The Hall–Kier alpha value is -0.860. The number of hydrogen-bond donors (Lipinski definition) is 1. The third-order valence-corrected chi connectivity index (χ3v) is 3.42. The number of benzene rings is 1. The largest absolute Gasteiger partial charge is 0.315 e. The summed E-state index contributed by atoms with van der Waals surface area (Å²) >= 11 is 0. The van der Waals surface area contributed by atoms with E-state index in [1.165, 1.54) is 24.9 Å². The van der Waals surface area contributed by atoms with Gasteiger partial charge in [-0.05, 0) is 31.5 Å². The first kappa shape index (κ1) is 11.6. The molecule has 0 spiro atoms. The minimum Gasteiger partial charge on any atom is -0.315 e. The Labute approximate surface area is 98.7 Å². The monoisotopic (exact) mass is 218 g/mol. The van der Waals surface area contributed by atoms with Crippen LogP contribution in [0.5, 0.6) is 0 Å². The van der Waals surface area contributed by atoms with Crippen molar-refractivity contribution in [2.45, 2.75) is 32.4 Å². The lowest BCUT2D eigenvalue weighted by atomic mass is 10.0. The SMILES string of the molecule is CCN(Cc1ccccc1)[C@H]1CCCNC1. The van der Waals surface area contributed by atoms with Crippen molar-refractivity contribution in [2.24, 2.45) is 0 Å². The summed E-state index contributed by atoms with van der Waals surface area (Å²) in [5.41, 5.74) is 1.43. The normalized spacial score (nSPS) is 21.2. The maximum Gasteiger partial charge on any atom is 0.0237 e. The zero-order valence-electron chi connectivity index (χ0n) is 10.2. The maximum atomic E-state index is 3.49. The molecule has 16 heavy (non-hydrogen) atoms. The fourth-order valence-electron chi connectivity index (χ4n) is 2.46. The summed E-state index contributed by atoms with van der Waals surface area (Å²) in [7, 11) is 0. The van der Waals surface area contributed by atoms with Crippen LogP contribution in [0, 0.1) is 0 Å². The van der Waals surface area contributed by atoms with Crippen LogP contribution >= 0.6 is 0 Å². The molecular weight excluding hydrogens is 196 g/mol. The van der Waals surface area contributed by atoms with Gasteiger partial charge in [0.15, 0.2) is 0 Å². The van der Waals surface area contributed by atoms with Gasteiger partial charge in [-0.15, -0.1) is 0 Å². The Morgan fingerprint density at radius 2 is 2.12 bits per heavy atom. The van der Waals surface area contributed by atoms with Crippen LogP contribution < -0.4 is 5.32 Å². The summed E-state index contributed by atoms with van der Waals surface area (Å²) < 4.78 is 0. The fourth-order valence-corrected chi connectivity index (χ4v) is 2.46. The molecule has 0 amide bonds. The van der Waals surface area contributed by atoms with E-state index in [9.17, 15) is 0 Å². The topological polar surface area (TPSA) is 15.3 Å². The van der Waals surface area contributed by atoms with E-state index in [-0.39, 0.29) is 0 Å². The summed E-state index contributed by atoms with van der Waals surface area (Å²) in [6.45, 7) is 6.84. The van der Waals surface area contributed by atoms with Gasteiger partial charge in [-0.3, -0.25) is 4.90 Å². The summed E-state index contributed by atoms with van der Waals surface area (Å²) in [4.78, 5) is 2.58. The van der Waals surface area contributed by atoms with E-state index in [0.717, 1.165) is 25.7 Å². The van der Waals surface area contributed by atoms with Crippen molar-refractivity contribution in [3.63, 3.8) is 0 Å². The molecule has 1 aliphatic rings. The molecule has 0 saturated carbocycles. The lowest BCUT2D eigenvalue weighted by Crippen LogP contribution is -2.45. The quantitative estimate of drug-likeness (QED) is 0.834. The van der Waals surface area contributed by atoms with Crippen LogP contribution in [0.15, 0.2) is 30.3 Å². The van der Waals surface area contributed by atoms with Crippen molar-refractivity contribution in [2.75, 3.05) is 19.6 Å². The van der Waals surface area contributed by atoms with E-state index in [1.54, 1.807) is 0 Å². The van der Waals surface area contributed by atoms with E-state index < -0.39 is 0 Å². The van der Waals surface area contributed by atoms with Gasteiger partial charge >= 0.3 is 0 Å². The molecule has 0 bridgehead atoms. The van der Waals surface area contributed by atoms with Gasteiger partial charge in [-0.1, -0.05) is 37.3 Å². The maximum absolute atomic E-state index is 3.49. The second-order valence-electron chi connectivity index (χ2n) is 4.55. The minimum absolute atomic E-state index is 0.721. The summed E-state index contributed by atoms with van der Waals surface area (Å²) in [6.07, 6.45) is 2.66. The summed E-state index contributed by atoms with van der Waals surface area (Å²) in [6, 6.07) is 11.5. The van der Waals surface area contributed by atoms with Crippen molar-refractivity contribution >= 4 is 0 Å². The summed E-state index contributed by atoms with van der Waals surface area (Å²) in [5, 5.41) is 3.49. The Morgan fingerprint density at radius 3 is 2.75 bits per heavy atom. The first-order valence-corrected chi connectivity index (χ1v) is 6.39. The molecule has 0 radical (unpaired) electrons. The van der Waals surface area contributed by atoms with E-state index in [0.29, 0.717) is 0 Å². The molecule has 0 aromatic heterocycles. The van der Waals surface area contributed by atoms with Gasteiger partial charge in [0.05, 0.1) is 0 Å². The van der Waals surface area contributed by atoms with Crippen LogP contribution in [0.3, 0.4) is 0 Å². The Bertz CT molecular complexity index is 291. The Morgan fingerprint density at radius 1 is 1.31 bits per heavy atom. The van der Waals surface area contributed by atoms with Gasteiger partial charge in [0.25, 0.3) is 0 Å². The molecular formula is C14H22N2. The predicted molar refractivity (Wildman–Crippen MR) is 68.4 cm³/mol. The molecule has 1 atom stereocenters. The van der Waals surface area contributed by atoms with Crippen molar-refractivity contribution < 1.29 is 0 Å². The minimum atomic E-state index is 0.721. The smallest absolute Gasteiger partial charge is 0.0237 e. The number of likely N-dealkylation sites (N-methyl/N-ethyl adjacent to an activating group) is 1. The lowest BCUT2D eigenvalue weighted by Gasteiger charge is -2.33. The number of piperidine rings is 1. The molecule has 2 rings (SSSR count). The molecule has 2 heteroatoms. The highest BCUT2D eigenvalue weighted by molar-refractivity contribution is 5.14. The molecule has 1 aromatic rings. The second-order valence-corrected chi connectivity index (χ2v) is 4.55. The standard InChI is InChI=1S/C14H22N2/c1-2-16(14-9-6-10-15-11-14)12-13-7-4-3-5-8-13/h3-5,7-8,14-15H,2,6,9-12H2,1H3/t14-/m0/s1. The van der Waals surface area contributed by atoms with Crippen LogP contribution in [-0.4, -0.2) is 30.6 Å². The van der Waals surface area contributed by atoms with Crippen LogP contribution in [0.25, 0.3) is 0 Å². The molecule has 1 aromatic carbocycles. The van der Waals surface area contributed by atoms with Gasteiger partial charge < -0.3 is 5.32 Å². The van der Waals surface area contributed by atoms with E-state index in [2.05, 4.69) is 47.5 Å². The zero-order chi connectivity index (χ0) is 11.2. The molecule has 88 valence electrons. The summed E-state index contributed by atoms with van der Waals surface area (Å²) in [5.74, 6) is 0. The molecule has 1 saturated heterocycles. The van der Waals surface area contributed by atoms with E-state index in [4.69, 9.17) is 0 Å². The molecule has 1 fully saturated rings. The first-order valence-electron chi connectivity index (χ1n) is 6.39. The van der Waals surface area contributed by atoms with Crippen LogP contribution in [0.2, 0.25) is 0 Å². The van der Waals surface area contributed by atoms with E-state index in [1.807, 2.05) is 0 Å². The van der Waals surface area contributed by atoms with Crippen molar-refractivity contribution in [1.29, 1.82) is 0 Å². The molecule has 1 N–H and O–H groups in total. The fraction of sp³-hybridized carbons (Fsp3) is 0.571. The van der Waals surface area contributed by atoms with Crippen LogP contribution in [-0.2, 0) is 6.54 Å². The van der Waals surface area contributed by atoms with Crippen molar-refractivity contribution in [3.8, 4) is 0 Å². The molecule has 0 unspecified atom stereocenters. The van der Waals surface area contributed by atoms with Gasteiger partial charge in [0.1, 0.15) is 0 Å². The highest BCUT2D eigenvalue weighted by atomic mass is 15.2. The predicted octanol–water partition coefficient (Wildman–Crippen LogP) is 2.26. The van der Waals surface area contributed by atoms with Crippen LogP contribution in [0.4, 0.5) is 0 Å². The average molecular weight is 218 g/mol. The van der Waals surface area contributed by atoms with Gasteiger partial charge in [-0.2, -0.15) is 0 Å². The molecule has 1 aliphatic heterocycles. The number of hydrogen-bond acceptors (Lipinski definition) is 2. The van der Waals surface area contributed by atoms with Crippen molar-refractivity contribution in [1.82, 2.24) is 10.2 Å². The average Bonchev–Trinajstić information content (AvgIpc) is 2.38. The molecule has 1 heterocycles. The third kappa shape index (κ3) is 3.06. The molecule has 0 aliphatic carbocycles.